The molecule has 0 heterocycles. The molecule has 134 valence electrons. The van der Waals surface area contributed by atoms with Crippen molar-refractivity contribution in [3.05, 3.63) is 68.2 Å². The van der Waals surface area contributed by atoms with Crippen LogP contribution in [0, 0.1) is 16.0 Å². The molecule has 0 aromatic heterocycles. The minimum absolute atomic E-state index is 0.0216. The monoisotopic (exact) mass is 417 g/mol. The molecule has 0 unspecified atom stereocenters. The lowest BCUT2D eigenvalue weighted by Crippen LogP contribution is -2.23. The van der Waals surface area contributed by atoms with Gasteiger partial charge >= 0.3 is 0 Å². The predicted molar refractivity (Wildman–Crippen MR) is 99.8 cm³/mol. The zero-order valence-electron chi connectivity index (χ0n) is 13.7. The minimum Gasteiger partial charge on any atom is -0.348 e. The molecule has 0 atom stereocenters. The van der Waals surface area contributed by atoms with Crippen LogP contribution in [0.2, 0.25) is 0 Å². The van der Waals surface area contributed by atoms with Gasteiger partial charge in [0.05, 0.1) is 9.40 Å². The first-order valence-electron chi connectivity index (χ1n) is 8.06. The summed E-state index contributed by atoms with van der Waals surface area (Å²) in [5.74, 6) is -0.270. The van der Waals surface area contributed by atoms with Crippen LogP contribution in [0.15, 0.2) is 46.9 Å². The van der Waals surface area contributed by atoms with E-state index in [2.05, 4.69) is 26.6 Å². The summed E-state index contributed by atoms with van der Waals surface area (Å²) in [5, 5.41) is 16.5. The molecule has 0 radical (unpaired) electrons. The van der Waals surface area contributed by atoms with Crippen LogP contribution in [0.25, 0.3) is 0 Å². The molecule has 2 amide bonds. The fraction of sp³-hybridized carbons (Fsp3) is 0.222. The number of hydrogen-bond donors (Lipinski definition) is 2. The van der Waals surface area contributed by atoms with Gasteiger partial charge in [0.15, 0.2) is 0 Å². The first-order chi connectivity index (χ1) is 12.4. The van der Waals surface area contributed by atoms with Gasteiger partial charge in [0.25, 0.3) is 11.6 Å². The Morgan fingerprint density at radius 1 is 1.19 bits per heavy atom. The maximum Gasteiger partial charge on any atom is 0.284 e. The third kappa shape index (κ3) is 4.45. The molecule has 1 saturated carbocycles. The zero-order valence-corrected chi connectivity index (χ0v) is 15.3. The summed E-state index contributed by atoms with van der Waals surface area (Å²) in [6.45, 7) is 0.246. The fourth-order valence-electron chi connectivity index (χ4n) is 2.43. The molecule has 0 spiro atoms. The van der Waals surface area contributed by atoms with Crippen molar-refractivity contribution in [3.63, 3.8) is 0 Å². The fourth-order valence-corrected chi connectivity index (χ4v) is 2.82. The quantitative estimate of drug-likeness (QED) is 0.553. The first kappa shape index (κ1) is 18.1. The number of nitro groups is 1. The summed E-state index contributed by atoms with van der Waals surface area (Å²) in [4.78, 5) is 34.5. The van der Waals surface area contributed by atoms with Crippen molar-refractivity contribution in [3.8, 4) is 0 Å². The van der Waals surface area contributed by atoms with E-state index in [0.717, 1.165) is 18.4 Å². The third-order valence-electron chi connectivity index (χ3n) is 4.00. The van der Waals surface area contributed by atoms with E-state index in [9.17, 15) is 19.7 Å². The maximum absolute atomic E-state index is 12.2. The highest BCUT2D eigenvalue weighted by Crippen LogP contribution is 2.30. The third-order valence-corrected chi connectivity index (χ3v) is 4.67. The summed E-state index contributed by atoms with van der Waals surface area (Å²) < 4.78 is 0.318. The van der Waals surface area contributed by atoms with Gasteiger partial charge in [-0.1, -0.05) is 12.1 Å². The lowest BCUT2D eigenvalue weighted by atomic mass is 10.1. The van der Waals surface area contributed by atoms with Crippen molar-refractivity contribution in [1.82, 2.24) is 5.32 Å². The molecular formula is C18H16BrN3O4. The van der Waals surface area contributed by atoms with Gasteiger partial charge in [-0.05, 0) is 58.6 Å². The average Bonchev–Trinajstić information content (AvgIpc) is 3.45. The van der Waals surface area contributed by atoms with Crippen molar-refractivity contribution in [2.75, 3.05) is 5.32 Å². The number of nitro benzene ring substituents is 1. The number of hydrogen-bond acceptors (Lipinski definition) is 4. The lowest BCUT2D eigenvalue weighted by Gasteiger charge is -2.09. The normalized spacial score (nSPS) is 13.1. The van der Waals surface area contributed by atoms with E-state index in [-0.39, 0.29) is 29.6 Å². The van der Waals surface area contributed by atoms with Gasteiger partial charge in [-0.15, -0.1) is 0 Å². The first-order valence-corrected chi connectivity index (χ1v) is 8.85. The van der Waals surface area contributed by atoms with Gasteiger partial charge in [0, 0.05) is 29.8 Å². The van der Waals surface area contributed by atoms with Gasteiger partial charge in [-0.2, -0.15) is 0 Å². The summed E-state index contributed by atoms with van der Waals surface area (Å²) in [5.41, 5.74) is 1.55. The van der Waals surface area contributed by atoms with Crippen molar-refractivity contribution in [1.29, 1.82) is 0 Å². The Morgan fingerprint density at radius 3 is 2.65 bits per heavy atom. The van der Waals surface area contributed by atoms with Crippen LogP contribution < -0.4 is 10.6 Å². The Bertz CT molecular complexity index is 880. The number of carbonyl (C=O) groups excluding carboxylic acids is 2. The van der Waals surface area contributed by atoms with Crippen LogP contribution in [-0.4, -0.2) is 16.7 Å². The van der Waals surface area contributed by atoms with E-state index in [4.69, 9.17) is 0 Å². The highest BCUT2D eigenvalue weighted by atomic mass is 79.9. The largest absolute Gasteiger partial charge is 0.348 e. The number of rotatable bonds is 6. The minimum atomic E-state index is -0.549. The molecule has 7 nitrogen and oxygen atoms in total. The SMILES string of the molecule is O=C(NCc1cccc(NC(=O)C2CC2)c1)c1ccc(Br)c([N+](=O)[O-])c1. The van der Waals surface area contributed by atoms with E-state index < -0.39 is 10.8 Å². The van der Waals surface area contributed by atoms with Crippen LogP contribution in [-0.2, 0) is 11.3 Å². The van der Waals surface area contributed by atoms with Gasteiger partial charge < -0.3 is 10.6 Å². The van der Waals surface area contributed by atoms with E-state index in [0.29, 0.717) is 10.2 Å². The second kappa shape index (κ2) is 7.65. The average molecular weight is 418 g/mol. The number of halogens is 1. The Balaban J connectivity index is 1.63. The Kier molecular flexibility index (Phi) is 5.32. The molecule has 0 saturated heterocycles. The number of nitrogens with zero attached hydrogens (tertiary/aromatic N) is 1. The summed E-state index contributed by atoms with van der Waals surface area (Å²) in [6, 6.07) is 11.4. The summed E-state index contributed by atoms with van der Waals surface area (Å²) in [6.07, 6.45) is 1.86. The summed E-state index contributed by atoms with van der Waals surface area (Å²) >= 11 is 3.09. The Hall–Kier alpha value is -2.74. The van der Waals surface area contributed by atoms with E-state index in [1.54, 1.807) is 18.2 Å². The van der Waals surface area contributed by atoms with Gasteiger partial charge in [-0.25, -0.2) is 0 Å². The molecule has 2 aromatic carbocycles. The number of nitrogens with one attached hydrogen (secondary N) is 2. The van der Waals surface area contributed by atoms with Crippen molar-refractivity contribution >= 4 is 39.1 Å². The van der Waals surface area contributed by atoms with E-state index in [1.807, 2.05) is 6.07 Å². The van der Waals surface area contributed by atoms with Crippen molar-refractivity contribution < 1.29 is 14.5 Å². The number of benzene rings is 2. The number of amides is 2. The number of anilines is 1. The molecule has 8 heteroatoms. The van der Waals surface area contributed by atoms with Crippen molar-refractivity contribution in [2.24, 2.45) is 5.92 Å². The van der Waals surface area contributed by atoms with Gasteiger partial charge in [0.2, 0.25) is 5.91 Å². The maximum atomic E-state index is 12.2. The Morgan fingerprint density at radius 2 is 1.96 bits per heavy atom. The Labute approximate surface area is 158 Å². The molecule has 1 aliphatic rings. The molecule has 2 aromatic rings. The van der Waals surface area contributed by atoms with Crippen LogP contribution >= 0.6 is 15.9 Å². The highest BCUT2D eigenvalue weighted by Gasteiger charge is 2.29. The smallest absolute Gasteiger partial charge is 0.284 e. The lowest BCUT2D eigenvalue weighted by molar-refractivity contribution is -0.385. The van der Waals surface area contributed by atoms with Crippen LogP contribution in [0.4, 0.5) is 11.4 Å². The van der Waals surface area contributed by atoms with E-state index >= 15 is 0 Å². The molecule has 2 N–H and O–H groups in total. The van der Waals surface area contributed by atoms with E-state index in [1.165, 1.54) is 18.2 Å². The standard InChI is InChI=1S/C18H16BrN3O4/c19-15-7-6-13(9-16(15)22(25)26)17(23)20-10-11-2-1-3-14(8-11)21-18(24)12-4-5-12/h1-3,6-9,12H,4-5,10H2,(H,20,23)(H,21,24). The van der Waals surface area contributed by atoms with Gasteiger partial charge in [0.1, 0.15) is 0 Å². The van der Waals surface area contributed by atoms with Crippen molar-refractivity contribution in [2.45, 2.75) is 19.4 Å². The van der Waals surface area contributed by atoms with Crippen LogP contribution in [0.1, 0.15) is 28.8 Å². The summed E-state index contributed by atoms with van der Waals surface area (Å²) in [7, 11) is 0. The highest BCUT2D eigenvalue weighted by molar-refractivity contribution is 9.10. The predicted octanol–water partition coefficient (Wildman–Crippen LogP) is 3.64. The topological polar surface area (TPSA) is 101 Å². The van der Waals surface area contributed by atoms with Gasteiger partial charge in [-0.3, -0.25) is 19.7 Å². The molecule has 1 fully saturated rings. The molecule has 26 heavy (non-hydrogen) atoms. The molecule has 0 bridgehead atoms. The molecule has 3 rings (SSSR count). The van der Waals surface area contributed by atoms with Crippen LogP contribution in [0.5, 0.6) is 0 Å². The second-order valence-electron chi connectivity index (χ2n) is 6.07. The molecular weight excluding hydrogens is 402 g/mol. The van der Waals surface area contributed by atoms with Crippen LogP contribution in [0.3, 0.4) is 0 Å². The molecule has 1 aliphatic carbocycles. The zero-order chi connectivity index (χ0) is 18.7. The number of carbonyl (C=O) groups is 2. The molecule has 0 aliphatic heterocycles. The second-order valence-corrected chi connectivity index (χ2v) is 6.92.